The Labute approximate surface area is 187 Å². The molecule has 4 aromatic rings. The Hall–Kier alpha value is -3.53. The van der Waals surface area contributed by atoms with Crippen LogP contribution in [-0.2, 0) is 24.8 Å². The van der Waals surface area contributed by atoms with E-state index in [4.69, 9.17) is 4.52 Å². The van der Waals surface area contributed by atoms with E-state index in [0.717, 1.165) is 6.42 Å². The van der Waals surface area contributed by atoms with E-state index in [2.05, 4.69) is 32.5 Å². The molecule has 0 N–H and O–H groups in total. The molecule has 32 heavy (non-hydrogen) atoms. The predicted molar refractivity (Wildman–Crippen MR) is 116 cm³/mol. The van der Waals surface area contributed by atoms with Crippen molar-refractivity contribution in [1.82, 2.24) is 29.8 Å². The first kappa shape index (κ1) is 20.4. The normalized spacial score (nSPS) is 13.2. The molecule has 0 fully saturated rings. The number of aromatic nitrogens is 5. The van der Waals surface area contributed by atoms with Crippen LogP contribution in [0.2, 0.25) is 0 Å². The van der Waals surface area contributed by atoms with Gasteiger partial charge in [0.2, 0.25) is 17.6 Å². The molecule has 10 heteroatoms. The third-order valence-corrected chi connectivity index (χ3v) is 6.37. The Balaban J connectivity index is 1.25. The molecule has 0 aliphatic carbocycles. The van der Waals surface area contributed by atoms with Crippen LogP contribution in [0.15, 0.2) is 58.2 Å². The molecule has 5 rings (SSSR count). The number of thioether (sulfide) groups is 1. The van der Waals surface area contributed by atoms with Gasteiger partial charge in [0.15, 0.2) is 5.16 Å². The van der Waals surface area contributed by atoms with Gasteiger partial charge in [0.1, 0.15) is 5.82 Å². The highest BCUT2D eigenvalue weighted by Gasteiger charge is 2.22. The average Bonchev–Trinajstić information content (AvgIpc) is 3.44. The van der Waals surface area contributed by atoms with E-state index in [1.807, 2.05) is 17.0 Å². The summed E-state index contributed by atoms with van der Waals surface area (Å²) in [6.45, 7) is 1.35. The minimum absolute atomic E-state index is 0.0606. The van der Waals surface area contributed by atoms with Gasteiger partial charge in [-0.25, -0.2) is 4.39 Å². The third kappa shape index (κ3) is 4.01. The van der Waals surface area contributed by atoms with Gasteiger partial charge in [-0.15, -0.1) is 10.2 Å². The molecule has 0 spiro atoms. The van der Waals surface area contributed by atoms with Crippen LogP contribution in [-0.4, -0.2) is 48.0 Å². The average molecular weight is 450 g/mol. The summed E-state index contributed by atoms with van der Waals surface area (Å²) in [7, 11) is 1.78. The van der Waals surface area contributed by atoms with Crippen LogP contribution in [0.4, 0.5) is 4.39 Å². The van der Waals surface area contributed by atoms with Crippen LogP contribution < -0.4 is 0 Å². The van der Waals surface area contributed by atoms with Gasteiger partial charge in [0, 0.05) is 25.7 Å². The summed E-state index contributed by atoms with van der Waals surface area (Å²) in [5, 5.41) is 12.8. The van der Waals surface area contributed by atoms with Crippen molar-refractivity contribution in [2.75, 3.05) is 12.3 Å². The highest BCUT2D eigenvalue weighted by molar-refractivity contribution is 7.99. The van der Waals surface area contributed by atoms with E-state index >= 15 is 0 Å². The van der Waals surface area contributed by atoms with Gasteiger partial charge >= 0.3 is 0 Å². The second-order valence-corrected chi connectivity index (χ2v) is 8.36. The maximum atomic E-state index is 13.1. The molecular weight excluding hydrogens is 431 g/mol. The fourth-order valence-electron chi connectivity index (χ4n) is 3.58. The second-order valence-electron chi connectivity index (χ2n) is 7.42. The van der Waals surface area contributed by atoms with E-state index in [1.54, 1.807) is 23.7 Å². The Morgan fingerprint density at radius 2 is 1.91 bits per heavy atom. The van der Waals surface area contributed by atoms with Crippen molar-refractivity contribution in [2.24, 2.45) is 7.05 Å². The maximum Gasteiger partial charge on any atom is 0.296 e. The lowest BCUT2D eigenvalue weighted by Crippen LogP contribution is -2.37. The molecule has 3 heterocycles. The van der Waals surface area contributed by atoms with Gasteiger partial charge in [-0.05, 0) is 41.8 Å². The van der Waals surface area contributed by atoms with Gasteiger partial charge < -0.3 is 14.0 Å². The van der Waals surface area contributed by atoms with Crippen LogP contribution in [0, 0.1) is 5.82 Å². The summed E-state index contributed by atoms with van der Waals surface area (Å²) in [6.07, 6.45) is 0.869. The molecule has 1 aliphatic heterocycles. The molecule has 0 saturated heterocycles. The lowest BCUT2D eigenvalue weighted by Gasteiger charge is -2.28. The fourth-order valence-corrected chi connectivity index (χ4v) is 4.40. The van der Waals surface area contributed by atoms with E-state index in [-0.39, 0.29) is 23.4 Å². The van der Waals surface area contributed by atoms with Crippen molar-refractivity contribution >= 4 is 17.7 Å². The molecule has 1 aliphatic rings. The first-order valence-corrected chi connectivity index (χ1v) is 11.0. The molecular formula is C22H19FN6O2S. The number of fused-ring (bicyclic) bond motifs is 1. The minimum Gasteiger partial charge on any atom is -0.337 e. The maximum absolute atomic E-state index is 13.1. The number of hydrogen-bond acceptors (Lipinski definition) is 7. The Morgan fingerprint density at radius 1 is 1.12 bits per heavy atom. The zero-order chi connectivity index (χ0) is 22.1. The molecule has 0 bridgehead atoms. The molecule has 162 valence electrons. The van der Waals surface area contributed by atoms with E-state index in [1.165, 1.54) is 35.0 Å². The van der Waals surface area contributed by atoms with Crippen LogP contribution in [0.5, 0.6) is 0 Å². The minimum atomic E-state index is -0.337. The fraction of sp³-hybridized carbons (Fsp3) is 0.227. The van der Waals surface area contributed by atoms with Crippen LogP contribution in [0.25, 0.3) is 23.1 Å². The summed E-state index contributed by atoms with van der Waals surface area (Å²) >= 11 is 1.32. The number of halogens is 1. The highest BCUT2D eigenvalue weighted by atomic mass is 32.2. The van der Waals surface area contributed by atoms with Crippen LogP contribution in [0.3, 0.4) is 0 Å². The van der Waals surface area contributed by atoms with Crippen molar-refractivity contribution in [3.63, 3.8) is 0 Å². The number of carbonyl (C=O) groups excluding carboxylic acids is 1. The van der Waals surface area contributed by atoms with Gasteiger partial charge in [-0.1, -0.05) is 41.2 Å². The number of rotatable bonds is 5. The Morgan fingerprint density at radius 3 is 2.72 bits per heavy atom. The highest BCUT2D eigenvalue weighted by Crippen LogP contribution is 2.25. The zero-order valence-corrected chi connectivity index (χ0v) is 18.0. The summed E-state index contributed by atoms with van der Waals surface area (Å²) < 4.78 is 20.2. The molecule has 0 unspecified atom stereocenters. The molecule has 2 aromatic carbocycles. The van der Waals surface area contributed by atoms with Crippen molar-refractivity contribution in [3.8, 4) is 23.1 Å². The third-order valence-electron chi connectivity index (χ3n) is 5.36. The molecule has 0 atom stereocenters. The SMILES string of the molecule is Cn1c(SCC(=O)N2CCc3ccccc3C2)nnc1-c1nc(-c2ccc(F)cc2)no1. The molecule has 0 saturated carbocycles. The second kappa shape index (κ2) is 8.54. The van der Waals surface area contributed by atoms with Crippen molar-refractivity contribution in [3.05, 3.63) is 65.5 Å². The lowest BCUT2D eigenvalue weighted by molar-refractivity contribution is -0.129. The smallest absolute Gasteiger partial charge is 0.296 e. The standard InChI is InChI=1S/C22H19FN6O2S/c1-28-20(21-24-19(27-31-21)15-6-8-17(23)9-7-15)25-26-22(28)32-13-18(30)29-11-10-14-4-2-3-5-16(14)12-29/h2-9H,10-13H2,1H3. The van der Waals surface area contributed by atoms with Gasteiger partial charge in [-0.3, -0.25) is 4.79 Å². The van der Waals surface area contributed by atoms with Gasteiger partial charge in [0.25, 0.3) is 5.89 Å². The number of carbonyl (C=O) groups is 1. The number of hydrogen-bond donors (Lipinski definition) is 0. The Bertz CT molecular complexity index is 1270. The topological polar surface area (TPSA) is 89.9 Å². The molecule has 0 radical (unpaired) electrons. The molecule has 8 nitrogen and oxygen atoms in total. The number of benzene rings is 2. The summed E-state index contributed by atoms with van der Waals surface area (Å²) in [5.41, 5.74) is 3.14. The van der Waals surface area contributed by atoms with Crippen molar-refractivity contribution in [1.29, 1.82) is 0 Å². The first-order valence-electron chi connectivity index (χ1n) is 10.1. The first-order chi connectivity index (χ1) is 15.6. The summed E-state index contributed by atoms with van der Waals surface area (Å²) in [6, 6.07) is 14.0. The molecule has 2 aromatic heterocycles. The number of nitrogens with zero attached hydrogens (tertiary/aromatic N) is 6. The van der Waals surface area contributed by atoms with Crippen LogP contribution in [0.1, 0.15) is 11.1 Å². The predicted octanol–water partition coefficient (Wildman–Crippen LogP) is 3.35. The Kier molecular flexibility index (Phi) is 5.44. The largest absolute Gasteiger partial charge is 0.337 e. The quantitative estimate of drug-likeness (QED) is 0.431. The van der Waals surface area contributed by atoms with Crippen molar-refractivity contribution < 1.29 is 13.7 Å². The van der Waals surface area contributed by atoms with Gasteiger partial charge in [-0.2, -0.15) is 4.98 Å². The van der Waals surface area contributed by atoms with Gasteiger partial charge in [0.05, 0.1) is 5.75 Å². The van der Waals surface area contributed by atoms with Crippen LogP contribution >= 0.6 is 11.8 Å². The zero-order valence-electron chi connectivity index (χ0n) is 17.2. The number of amides is 1. The molecule has 1 amide bonds. The van der Waals surface area contributed by atoms with E-state index in [9.17, 15) is 9.18 Å². The van der Waals surface area contributed by atoms with E-state index in [0.29, 0.717) is 35.5 Å². The summed E-state index contributed by atoms with van der Waals surface area (Å²) in [5.74, 6) is 0.913. The summed E-state index contributed by atoms with van der Waals surface area (Å²) in [4.78, 5) is 18.9. The lowest BCUT2D eigenvalue weighted by atomic mass is 10.00. The monoisotopic (exact) mass is 450 g/mol. The van der Waals surface area contributed by atoms with Crippen molar-refractivity contribution in [2.45, 2.75) is 18.1 Å². The van der Waals surface area contributed by atoms with E-state index < -0.39 is 0 Å².